The SMILES string of the molecule is CC/C=C\C/C=C\C/C=C\C/C=C\CCCCCCCCCCCCCCCCCCC(=O)OCC(COC(=O)CCCCCCCCCCCCCCCC)OC(=O)CCCCCCCCCCCCCCCC. The van der Waals surface area contributed by atoms with Gasteiger partial charge >= 0.3 is 17.9 Å². The predicted octanol–water partition coefficient (Wildman–Crippen LogP) is 22.6. The lowest BCUT2D eigenvalue weighted by atomic mass is 10.0. The monoisotopic (exact) mass is 1050 g/mol. The predicted molar refractivity (Wildman–Crippen MR) is 325 cm³/mol. The zero-order valence-corrected chi connectivity index (χ0v) is 50.3. The lowest BCUT2D eigenvalue weighted by molar-refractivity contribution is -0.167. The first-order chi connectivity index (χ1) is 37.0. The van der Waals surface area contributed by atoms with Crippen molar-refractivity contribution in [3.8, 4) is 0 Å². The van der Waals surface area contributed by atoms with Gasteiger partial charge in [-0.1, -0.05) is 326 Å². The maximum Gasteiger partial charge on any atom is 0.306 e. The molecular weight excluding hydrogens is 925 g/mol. The molecule has 75 heavy (non-hydrogen) atoms. The van der Waals surface area contributed by atoms with Gasteiger partial charge in [0.05, 0.1) is 0 Å². The molecule has 0 bridgehead atoms. The van der Waals surface area contributed by atoms with Crippen LogP contribution in [0.25, 0.3) is 0 Å². The fraction of sp³-hybridized carbons (Fsp3) is 0.841. The van der Waals surface area contributed by atoms with Crippen LogP contribution in [0.2, 0.25) is 0 Å². The summed E-state index contributed by atoms with van der Waals surface area (Å²) < 4.78 is 16.9. The number of carbonyl (C=O) groups is 3. The fourth-order valence-electron chi connectivity index (χ4n) is 9.91. The molecule has 0 fully saturated rings. The number of unbranched alkanes of at least 4 members (excludes halogenated alkanes) is 42. The van der Waals surface area contributed by atoms with Crippen LogP contribution in [0.5, 0.6) is 0 Å². The molecule has 438 valence electrons. The smallest absolute Gasteiger partial charge is 0.306 e. The quantitative estimate of drug-likeness (QED) is 0.0261. The number of rotatable bonds is 61. The van der Waals surface area contributed by atoms with Crippen molar-refractivity contribution in [2.24, 2.45) is 0 Å². The second kappa shape index (κ2) is 63.9. The van der Waals surface area contributed by atoms with Crippen molar-refractivity contribution >= 4 is 17.9 Å². The Morgan fingerprint density at radius 3 is 0.813 bits per heavy atom. The third-order valence-electron chi connectivity index (χ3n) is 14.8. The molecule has 0 radical (unpaired) electrons. The molecule has 0 aromatic heterocycles. The van der Waals surface area contributed by atoms with E-state index in [4.69, 9.17) is 14.2 Å². The average molecular weight is 1050 g/mol. The molecule has 0 aromatic rings. The summed E-state index contributed by atoms with van der Waals surface area (Å²) in [4.78, 5) is 38.3. The molecule has 6 heteroatoms. The number of ether oxygens (including phenoxy) is 3. The number of hydrogen-bond donors (Lipinski definition) is 0. The van der Waals surface area contributed by atoms with Gasteiger partial charge in [0.1, 0.15) is 13.2 Å². The van der Waals surface area contributed by atoms with Crippen LogP contribution < -0.4 is 0 Å². The molecule has 0 aliphatic carbocycles. The molecule has 0 N–H and O–H groups in total. The third-order valence-corrected chi connectivity index (χ3v) is 14.8. The van der Waals surface area contributed by atoms with Crippen LogP contribution in [-0.4, -0.2) is 37.2 Å². The molecule has 0 aliphatic rings. The second-order valence-corrected chi connectivity index (χ2v) is 22.4. The van der Waals surface area contributed by atoms with E-state index in [1.165, 1.54) is 231 Å². The molecule has 0 spiro atoms. The maximum atomic E-state index is 12.9. The summed E-state index contributed by atoms with van der Waals surface area (Å²) in [6.07, 6.45) is 79.8. The van der Waals surface area contributed by atoms with Gasteiger partial charge in [-0.15, -0.1) is 0 Å². The lowest BCUT2D eigenvalue weighted by Crippen LogP contribution is -2.30. The average Bonchev–Trinajstić information content (AvgIpc) is 3.41. The molecule has 0 saturated carbocycles. The van der Waals surface area contributed by atoms with Crippen molar-refractivity contribution < 1.29 is 28.6 Å². The van der Waals surface area contributed by atoms with Crippen LogP contribution in [0.15, 0.2) is 48.6 Å². The minimum atomic E-state index is -0.767. The van der Waals surface area contributed by atoms with Crippen LogP contribution >= 0.6 is 0 Å². The molecule has 0 heterocycles. The van der Waals surface area contributed by atoms with Gasteiger partial charge in [-0.05, 0) is 57.8 Å². The van der Waals surface area contributed by atoms with E-state index >= 15 is 0 Å². The van der Waals surface area contributed by atoms with E-state index in [-0.39, 0.29) is 31.1 Å². The first kappa shape index (κ1) is 72.4. The minimum Gasteiger partial charge on any atom is -0.462 e. The van der Waals surface area contributed by atoms with Gasteiger partial charge in [0, 0.05) is 19.3 Å². The zero-order chi connectivity index (χ0) is 54.3. The summed E-state index contributed by atoms with van der Waals surface area (Å²) in [5, 5.41) is 0. The van der Waals surface area contributed by atoms with Crippen LogP contribution in [0.1, 0.15) is 355 Å². The van der Waals surface area contributed by atoms with E-state index < -0.39 is 6.10 Å². The third kappa shape index (κ3) is 62.1. The van der Waals surface area contributed by atoms with Gasteiger partial charge in [0.25, 0.3) is 0 Å². The van der Waals surface area contributed by atoms with Crippen molar-refractivity contribution in [2.75, 3.05) is 13.2 Å². The van der Waals surface area contributed by atoms with Gasteiger partial charge in [0.15, 0.2) is 6.10 Å². The molecule has 1 unspecified atom stereocenters. The first-order valence-corrected chi connectivity index (χ1v) is 33.1. The largest absolute Gasteiger partial charge is 0.462 e. The molecule has 0 aromatic carbocycles. The number of esters is 3. The Balaban J connectivity index is 4.16. The highest BCUT2D eigenvalue weighted by Gasteiger charge is 2.19. The van der Waals surface area contributed by atoms with Crippen LogP contribution in [0.3, 0.4) is 0 Å². The second-order valence-electron chi connectivity index (χ2n) is 22.4. The Morgan fingerprint density at radius 1 is 0.280 bits per heavy atom. The first-order valence-electron chi connectivity index (χ1n) is 33.1. The zero-order valence-electron chi connectivity index (χ0n) is 50.3. The van der Waals surface area contributed by atoms with Crippen molar-refractivity contribution in [3.63, 3.8) is 0 Å². The summed E-state index contributed by atoms with van der Waals surface area (Å²) in [5.41, 5.74) is 0. The molecular formula is C69H126O6. The number of hydrogen-bond acceptors (Lipinski definition) is 6. The molecule has 6 nitrogen and oxygen atoms in total. The highest BCUT2D eigenvalue weighted by Crippen LogP contribution is 2.18. The summed E-state index contributed by atoms with van der Waals surface area (Å²) in [6.45, 7) is 6.59. The van der Waals surface area contributed by atoms with E-state index in [1.807, 2.05) is 0 Å². The van der Waals surface area contributed by atoms with Crippen molar-refractivity contribution in [1.82, 2.24) is 0 Å². The van der Waals surface area contributed by atoms with E-state index in [1.54, 1.807) is 0 Å². The maximum absolute atomic E-state index is 12.9. The number of carbonyl (C=O) groups excluding carboxylic acids is 3. The highest BCUT2D eigenvalue weighted by atomic mass is 16.6. The van der Waals surface area contributed by atoms with Crippen LogP contribution in [-0.2, 0) is 28.6 Å². The summed E-state index contributed by atoms with van der Waals surface area (Å²) in [7, 11) is 0. The van der Waals surface area contributed by atoms with Crippen LogP contribution in [0.4, 0.5) is 0 Å². The van der Waals surface area contributed by atoms with E-state index in [9.17, 15) is 14.4 Å². The van der Waals surface area contributed by atoms with E-state index in [2.05, 4.69) is 69.4 Å². The highest BCUT2D eigenvalue weighted by molar-refractivity contribution is 5.71. The Kier molecular flexibility index (Phi) is 61.7. The summed E-state index contributed by atoms with van der Waals surface area (Å²) >= 11 is 0. The molecule has 0 rings (SSSR count). The summed E-state index contributed by atoms with van der Waals surface area (Å²) in [5.74, 6) is -0.840. The van der Waals surface area contributed by atoms with E-state index in [0.29, 0.717) is 19.3 Å². The van der Waals surface area contributed by atoms with Crippen molar-refractivity contribution in [3.05, 3.63) is 48.6 Å². The van der Waals surface area contributed by atoms with E-state index in [0.717, 1.165) is 83.5 Å². The molecule has 0 saturated heterocycles. The molecule has 0 aliphatic heterocycles. The Morgan fingerprint density at radius 2 is 0.520 bits per heavy atom. The Bertz CT molecular complexity index is 1300. The molecule has 1 atom stereocenters. The minimum absolute atomic E-state index is 0.0657. The number of allylic oxidation sites excluding steroid dienone is 8. The fourth-order valence-corrected chi connectivity index (χ4v) is 9.91. The van der Waals surface area contributed by atoms with Gasteiger partial charge in [0.2, 0.25) is 0 Å². The lowest BCUT2D eigenvalue weighted by Gasteiger charge is -2.18. The van der Waals surface area contributed by atoms with Gasteiger partial charge < -0.3 is 14.2 Å². The van der Waals surface area contributed by atoms with Crippen molar-refractivity contribution in [1.29, 1.82) is 0 Å². The van der Waals surface area contributed by atoms with Gasteiger partial charge in [-0.25, -0.2) is 0 Å². The summed E-state index contributed by atoms with van der Waals surface area (Å²) in [6, 6.07) is 0. The van der Waals surface area contributed by atoms with Gasteiger partial charge in [-0.2, -0.15) is 0 Å². The van der Waals surface area contributed by atoms with Crippen LogP contribution in [0, 0.1) is 0 Å². The van der Waals surface area contributed by atoms with Crippen molar-refractivity contribution in [2.45, 2.75) is 361 Å². The normalized spacial score (nSPS) is 12.3. The molecule has 0 amide bonds. The van der Waals surface area contributed by atoms with Gasteiger partial charge in [-0.3, -0.25) is 14.4 Å². The topological polar surface area (TPSA) is 78.9 Å². The standard InChI is InChI=1S/C69H126O6/c1-4-7-10-13-16-19-22-25-28-29-30-31-32-33-34-35-36-37-38-39-40-41-42-45-47-50-53-56-59-62-68(71)74-65-66(75-69(72)63-60-57-54-51-48-44-27-24-21-18-15-12-9-6-3)64-73-67(70)61-58-55-52-49-46-43-26-23-20-17-14-11-8-5-2/h7,10,16,19,25,28,30-31,66H,4-6,8-9,11-15,17-18,20-24,26-27,29,32-65H2,1-3H3/b10-7-,19-16-,28-25-,31-30-. The Hall–Kier alpha value is -2.63. The Labute approximate surface area is 467 Å².